The van der Waals surface area contributed by atoms with E-state index >= 15 is 0 Å². The molecule has 3 aromatic heterocycles. The van der Waals surface area contributed by atoms with Gasteiger partial charge in [-0.2, -0.15) is 0 Å². The molecule has 1 aliphatic heterocycles. The first-order valence-electron chi connectivity index (χ1n) is 8.37. The average molecular weight is 353 g/mol. The van der Waals surface area contributed by atoms with Crippen LogP contribution in [-0.4, -0.2) is 43.0 Å². The SMILES string of the molecule is Cn1cnc2c1C[C@@H](COCc1ccncc1)N(C(=O)c1cocn1)C2. The number of oxazole rings is 1. The second-order valence-corrected chi connectivity index (χ2v) is 6.28. The fourth-order valence-electron chi connectivity index (χ4n) is 3.17. The molecule has 26 heavy (non-hydrogen) atoms. The predicted molar refractivity (Wildman–Crippen MR) is 91.0 cm³/mol. The summed E-state index contributed by atoms with van der Waals surface area (Å²) in [4.78, 5) is 27.0. The van der Waals surface area contributed by atoms with Crippen molar-refractivity contribution in [2.75, 3.05) is 6.61 Å². The number of pyridine rings is 1. The molecule has 0 unspecified atom stereocenters. The molecule has 0 bridgehead atoms. The number of hydrogen-bond donors (Lipinski definition) is 0. The molecule has 3 aromatic rings. The third-order valence-corrected chi connectivity index (χ3v) is 4.58. The van der Waals surface area contributed by atoms with Crippen molar-refractivity contribution in [2.24, 2.45) is 7.05 Å². The Morgan fingerprint density at radius 1 is 1.35 bits per heavy atom. The van der Waals surface area contributed by atoms with Gasteiger partial charge in [-0.15, -0.1) is 0 Å². The number of imidazole rings is 1. The van der Waals surface area contributed by atoms with Gasteiger partial charge in [-0.1, -0.05) is 0 Å². The smallest absolute Gasteiger partial charge is 0.276 e. The van der Waals surface area contributed by atoms with Crippen LogP contribution in [0.2, 0.25) is 0 Å². The number of rotatable bonds is 5. The first-order chi connectivity index (χ1) is 12.7. The van der Waals surface area contributed by atoms with Gasteiger partial charge in [0, 0.05) is 31.6 Å². The Kier molecular flexibility index (Phi) is 4.49. The molecule has 4 rings (SSSR count). The number of amides is 1. The largest absolute Gasteiger partial charge is 0.451 e. The van der Waals surface area contributed by atoms with Crippen LogP contribution in [0.15, 0.2) is 47.9 Å². The lowest BCUT2D eigenvalue weighted by Gasteiger charge is -2.35. The molecular formula is C18H19N5O3. The third-order valence-electron chi connectivity index (χ3n) is 4.58. The minimum atomic E-state index is -0.174. The van der Waals surface area contributed by atoms with Crippen molar-refractivity contribution in [3.05, 3.63) is 66.2 Å². The van der Waals surface area contributed by atoms with E-state index in [1.54, 1.807) is 23.6 Å². The Labute approximate surface area is 150 Å². The molecular weight excluding hydrogens is 334 g/mol. The summed E-state index contributed by atoms with van der Waals surface area (Å²) in [5, 5.41) is 0. The van der Waals surface area contributed by atoms with Crippen molar-refractivity contribution < 1.29 is 13.9 Å². The lowest BCUT2D eigenvalue weighted by Crippen LogP contribution is -2.47. The van der Waals surface area contributed by atoms with Gasteiger partial charge in [0.05, 0.1) is 37.8 Å². The van der Waals surface area contributed by atoms with E-state index in [4.69, 9.17) is 9.15 Å². The number of hydrogen-bond acceptors (Lipinski definition) is 6. The second kappa shape index (κ2) is 7.09. The van der Waals surface area contributed by atoms with Gasteiger partial charge in [0.25, 0.3) is 5.91 Å². The molecule has 8 nitrogen and oxygen atoms in total. The van der Waals surface area contributed by atoms with Crippen LogP contribution >= 0.6 is 0 Å². The van der Waals surface area contributed by atoms with E-state index < -0.39 is 0 Å². The van der Waals surface area contributed by atoms with Crippen molar-refractivity contribution in [1.82, 2.24) is 24.4 Å². The Bertz CT molecular complexity index is 876. The summed E-state index contributed by atoms with van der Waals surface area (Å²) in [5.74, 6) is -0.174. The quantitative estimate of drug-likeness (QED) is 0.692. The van der Waals surface area contributed by atoms with Crippen molar-refractivity contribution in [3.63, 3.8) is 0 Å². The lowest BCUT2D eigenvalue weighted by atomic mass is 10.0. The first-order valence-corrected chi connectivity index (χ1v) is 8.37. The van der Waals surface area contributed by atoms with Gasteiger partial charge in [0.15, 0.2) is 12.1 Å². The number of carbonyl (C=O) groups excluding carboxylic acids is 1. The van der Waals surface area contributed by atoms with Gasteiger partial charge < -0.3 is 18.6 Å². The predicted octanol–water partition coefficient (Wildman–Crippen LogP) is 1.59. The fourth-order valence-corrected chi connectivity index (χ4v) is 3.17. The summed E-state index contributed by atoms with van der Waals surface area (Å²) in [6, 6.07) is 3.74. The van der Waals surface area contributed by atoms with E-state index in [1.807, 2.05) is 23.7 Å². The maximum absolute atomic E-state index is 12.8. The molecule has 0 aliphatic carbocycles. The normalized spacial score (nSPS) is 16.5. The number of fused-ring (bicyclic) bond motifs is 1. The number of ether oxygens (including phenoxy) is 1. The van der Waals surface area contributed by atoms with Gasteiger partial charge in [-0.05, 0) is 17.7 Å². The molecule has 0 aromatic carbocycles. The van der Waals surface area contributed by atoms with Crippen LogP contribution in [0.5, 0.6) is 0 Å². The fraction of sp³-hybridized carbons (Fsp3) is 0.333. The van der Waals surface area contributed by atoms with Gasteiger partial charge in [-0.25, -0.2) is 9.97 Å². The summed E-state index contributed by atoms with van der Waals surface area (Å²) in [7, 11) is 1.97. The number of nitrogens with zero attached hydrogens (tertiary/aromatic N) is 5. The molecule has 0 spiro atoms. The molecule has 4 heterocycles. The maximum atomic E-state index is 12.8. The minimum Gasteiger partial charge on any atom is -0.451 e. The molecule has 1 atom stereocenters. The molecule has 0 saturated heterocycles. The van der Waals surface area contributed by atoms with Crippen molar-refractivity contribution >= 4 is 5.91 Å². The highest BCUT2D eigenvalue weighted by Gasteiger charge is 2.33. The zero-order valence-corrected chi connectivity index (χ0v) is 14.4. The van der Waals surface area contributed by atoms with E-state index in [0.717, 1.165) is 17.0 Å². The van der Waals surface area contributed by atoms with Crippen LogP contribution in [0.4, 0.5) is 0 Å². The summed E-state index contributed by atoms with van der Waals surface area (Å²) >= 11 is 0. The number of aryl methyl sites for hydroxylation is 1. The number of carbonyl (C=O) groups is 1. The zero-order valence-electron chi connectivity index (χ0n) is 14.4. The van der Waals surface area contributed by atoms with E-state index in [9.17, 15) is 4.79 Å². The molecule has 1 aliphatic rings. The van der Waals surface area contributed by atoms with E-state index in [1.165, 1.54) is 12.7 Å². The van der Waals surface area contributed by atoms with E-state index in [0.29, 0.717) is 31.9 Å². The van der Waals surface area contributed by atoms with Crippen LogP contribution in [0.3, 0.4) is 0 Å². The zero-order chi connectivity index (χ0) is 17.9. The Morgan fingerprint density at radius 3 is 2.96 bits per heavy atom. The van der Waals surface area contributed by atoms with Crippen LogP contribution < -0.4 is 0 Å². The lowest BCUT2D eigenvalue weighted by molar-refractivity contribution is 0.0311. The Hall–Kier alpha value is -3.00. The topological polar surface area (TPSA) is 86.3 Å². The maximum Gasteiger partial charge on any atom is 0.276 e. The summed E-state index contributed by atoms with van der Waals surface area (Å²) < 4.78 is 12.9. The highest BCUT2D eigenvalue weighted by atomic mass is 16.5. The molecule has 0 N–H and O–H groups in total. The Balaban J connectivity index is 1.51. The summed E-state index contributed by atoms with van der Waals surface area (Å²) in [6.07, 6.45) is 8.57. The molecule has 1 amide bonds. The van der Waals surface area contributed by atoms with Crippen LogP contribution in [-0.2, 0) is 31.4 Å². The molecule has 0 fully saturated rings. The van der Waals surface area contributed by atoms with Gasteiger partial charge >= 0.3 is 0 Å². The highest BCUT2D eigenvalue weighted by Crippen LogP contribution is 2.24. The van der Waals surface area contributed by atoms with Crippen molar-refractivity contribution in [1.29, 1.82) is 0 Å². The molecule has 0 saturated carbocycles. The molecule has 8 heteroatoms. The van der Waals surface area contributed by atoms with Crippen LogP contribution in [0, 0.1) is 0 Å². The van der Waals surface area contributed by atoms with Gasteiger partial charge in [0.1, 0.15) is 6.26 Å². The van der Waals surface area contributed by atoms with Crippen molar-refractivity contribution in [2.45, 2.75) is 25.6 Å². The van der Waals surface area contributed by atoms with E-state index in [-0.39, 0.29) is 11.9 Å². The van der Waals surface area contributed by atoms with Crippen molar-refractivity contribution in [3.8, 4) is 0 Å². The van der Waals surface area contributed by atoms with Crippen LogP contribution in [0.1, 0.15) is 27.4 Å². The number of aromatic nitrogens is 4. The third kappa shape index (κ3) is 3.23. The first kappa shape index (κ1) is 16.5. The van der Waals surface area contributed by atoms with Gasteiger partial charge in [-0.3, -0.25) is 9.78 Å². The molecule has 0 radical (unpaired) electrons. The van der Waals surface area contributed by atoms with E-state index in [2.05, 4.69) is 15.0 Å². The Morgan fingerprint density at radius 2 is 2.19 bits per heavy atom. The summed E-state index contributed by atoms with van der Waals surface area (Å²) in [6.45, 7) is 1.34. The monoisotopic (exact) mass is 353 g/mol. The molecule has 134 valence electrons. The van der Waals surface area contributed by atoms with Gasteiger partial charge in [0.2, 0.25) is 0 Å². The standard InChI is InChI=1S/C18H19N5O3/c1-22-11-20-15-7-23(18(24)16-10-26-12-21-16)14(6-17(15)22)9-25-8-13-2-4-19-5-3-13/h2-5,10-12,14H,6-9H2,1H3/t14-/m0/s1. The second-order valence-electron chi connectivity index (χ2n) is 6.28. The average Bonchev–Trinajstić information content (AvgIpc) is 3.32. The summed E-state index contributed by atoms with van der Waals surface area (Å²) in [5.41, 5.74) is 3.39. The highest BCUT2D eigenvalue weighted by molar-refractivity contribution is 5.92. The van der Waals surface area contributed by atoms with Crippen LogP contribution in [0.25, 0.3) is 0 Å². The minimum absolute atomic E-state index is 0.0936.